The number of nitrogens with zero attached hydrogens (tertiary/aromatic N) is 2. The van der Waals surface area contributed by atoms with Crippen molar-refractivity contribution in [1.29, 1.82) is 0 Å². The van der Waals surface area contributed by atoms with Crippen LogP contribution in [0.25, 0.3) is 0 Å². The van der Waals surface area contributed by atoms with E-state index >= 15 is 0 Å². The van der Waals surface area contributed by atoms with Crippen molar-refractivity contribution in [2.45, 2.75) is 19.4 Å². The Hall–Kier alpha value is -2.01. The zero-order chi connectivity index (χ0) is 14.5. The number of aryl methyl sites for hydroxylation is 1. The lowest BCUT2D eigenvalue weighted by atomic mass is 10.2. The molecule has 1 aromatic heterocycles. The van der Waals surface area contributed by atoms with E-state index in [1.807, 2.05) is 24.0 Å². The fraction of sp³-hybridized carbons (Fsp3) is 0.438. The summed E-state index contributed by atoms with van der Waals surface area (Å²) >= 11 is 0. The maximum Gasteiger partial charge on any atom is 0.161 e. The summed E-state index contributed by atoms with van der Waals surface area (Å²) in [7, 11) is 1.97. The molecule has 0 spiro atoms. The van der Waals surface area contributed by atoms with E-state index < -0.39 is 0 Å². The maximum absolute atomic E-state index is 5.71. The summed E-state index contributed by atoms with van der Waals surface area (Å²) in [6.45, 7) is 3.21. The fourth-order valence-electron chi connectivity index (χ4n) is 2.41. The molecule has 0 unspecified atom stereocenters. The number of benzene rings is 1. The molecule has 0 radical (unpaired) electrons. The number of hydrogen-bond acceptors (Lipinski definition) is 4. The third-order valence-corrected chi connectivity index (χ3v) is 3.62. The van der Waals surface area contributed by atoms with Crippen LogP contribution in [-0.2, 0) is 20.0 Å². The third kappa shape index (κ3) is 3.55. The Morgan fingerprint density at radius 3 is 2.86 bits per heavy atom. The summed E-state index contributed by atoms with van der Waals surface area (Å²) in [6.07, 6.45) is 3.74. The van der Waals surface area contributed by atoms with E-state index in [2.05, 4.69) is 28.6 Å². The third-order valence-electron chi connectivity index (χ3n) is 3.62. The van der Waals surface area contributed by atoms with Crippen molar-refractivity contribution in [1.82, 2.24) is 15.1 Å². The number of ether oxygens (including phenoxy) is 2. The molecule has 0 fully saturated rings. The van der Waals surface area contributed by atoms with E-state index in [1.165, 1.54) is 11.3 Å². The van der Waals surface area contributed by atoms with Crippen LogP contribution >= 0.6 is 0 Å². The van der Waals surface area contributed by atoms with E-state index in [1.54, 1.807) is 0 Å². The lowest BCUT2D eigenvalue weighted by molar-refractivity contribution is 0.297. The molecular formula is C16H21N3O2. The van der Waals surface area contributed by atoms with E-state index in [-0.39, 0.29) is 0 Å². The van der Waals surface area contributed by atoms with Gasteiger partial charge in [-0.3, -0.25) is 4.68 Å². The molecule has 1 aliphatic heterocycles. The van der Waals surface area contributed by atoms with Gasteiger partial charge in [-0.1, -0.05) is 6.07 Å². The molecule has 2 aromatic rings. The SMILES string of the molecule is Cn1nccc1CCNCc1ccc2c(c1)OCCCO2. The standard InChI is InChI=1S/C16H21N3O2/c1-19-14(6-8-18-19)5-7-17-12-13-3-4-15-16(11-13)21-10-2-9-20-15/h3-4,6,8,11,17H,2,5,7,9-10,12H2,1H3. The largest absolute Gasteiger partial charge is 0.490 e. The molecule has 3 rings (SSSR count). The molecule has 2 heterocycles. The topological polar surface area (TPSA) is 48.3 Å². The Balaban J connectivity index is 1.51. The maximum atomic E-state index is 5.71. The van der Waals surface area contributed by atoms with Crippen LogP contribution in [-0.4, -0.2) is 29.5 Å². The minimum Gasteiger partial charge on any atom is -0.490 e. The van der Waals surface area contributed by atoms with Gasteiger partial charge in [-0.05, 0) is 23.8 Å². The highest BCUT2D eigenvalue weighted by Gasteiger charge is 2.10. The van der Waals surface area contributed by atoms with Crippen molar-refractivity contribution in [2.24, 2.45) is 7.05 Å². The molecule has 1 aliphatic rings. The molecule has 21 heavy (non-hydrogen) atoms. The molecule has 0 amide bonds. The fourth-order valence-corrected chi connectivity index (χ4v) is 2.41. The van der Waals surface area contributed by atoms with Gasteiger partial charge in [-0.25, -0.2) is 0 Å². The molecule has 5 nitrogen and oxygen atoms in total. The highest BCUT2D eigenvalue weighted by Crippen LogP contribution is 2.30. The van der Waals surface area contributed by atoms with Crippen LogP contribution in [0.2, 0.25) is 0 Å². The number of hydrogen-bond donors (Lipinski definition) is 1. The first-order chi connectivity index (χ1) is 10.3. The minimum absolute atomic E-state index is 0.727. The molecule has 112 valence electrons. The highest BCUT2D eigenvalue weighted by atomic mass is 16.5. The average molecular weight is 287 g/mol. The lowest BCUT2D eigenvalue weighted by Gasteiger charge is -2.10. The Labute approximate surface area is 124 Å². The lowest BCUT2D eigenvalue weighted by Crippen LogP contribution is -2.18. The molecule has 0 aliphatic carbocycles. The van der Waals surface area contributed by atoms with Crippen LogP contribution in [0.3, 0.4) is 0 Å². The molecule has 1 aromatic carbocycles. The van der Waals surface area contributed by atoms with E-state index in [0.29, 0.717) is 0 Å². The normalized spacial score (nSPS) is 14.0. The van der Waals surface area contributed by atoms with Crippen LogP contribution in [0, 0.1) is 0 Å². The molecule has 1 N–H and O–H groups in total. The van der Waals surface area contributed by atoms with E-state index in [0.717, 1.165) is 50.6 Å². The van der Waals surface area contributed by atoms with Gasteiger partial charge in [-0.2, -0.15) is 5.10 Å². The van der Waals surface area contributed by atoms with Crippen molar-refractivity contribution in [3.8, 4) is 11.5 Å². The molecule has 5 heteroatoms. The first kappa shape index (κ1) is 13.9. The Morgan fingerprint density at radius 2 is 2.05 bits per heavy atom. The smallest absolute Gasteiger partial charge is 0.161 e. The summed E-state index contributed by atoms with van der Waals surface area (Å²) in [6, 6.07) is 8.20. The van der Waals surface area contributed by atoms with Crippen LogP contribution in [0.4, 0.5) is 0 Å². The second kappa shape index (κ2) is 6.63. The predicted octanol–water partition coefficient (Wildman–Crippen LogP) is 1.91. The molecule has 0 bridgehead atoms. The van der Waals surface area contributed by atoms with E-state index in [9.17, 15) is 0 Å². The average Bonchev–Trinajstić information content (AvgIpc) is 2.76. The second-order valence-electron chi connectivity index (χ2n) is 5.20. The van der Waals surface area contributed by atoms with Crippen molar-refractivity contribution in [3.63, 3.8) is 0 Å². The second-order valence-corrected chi connectivity index (χ2v) is 5.20. The minimum atomic E-state index is 0.727. The first-order valence-electron chi connectivity index (χ1n) is 7.39. The Morgan fingerprint density at radius 1 is 1.19 bits per heavy atom. The predicted molar refractivity (Wildman–Crippen MR) is 80.7 cm³/mol. The first-order valence-corrected chi connectivity index (χ1v) is 7.39. The Bertz CT molecular complexity index is 595. The molecule has 0 saturated heterocycles. The summed E-state index contributed by atoms with van der Waals surface area (Å²) in [5, 5.41) is 7.62. The molecule has 0 atom stereocenters. The van der Waals surface area contributed by atoms with Gasteiger partial charge < -0.3 is 14.8 Å². The van der Waals surface area contributed by atoms with Gasteiger partial charge >= 0.3 is 0 Å². The summed E-state index contributed by atoms with van der Waals surface area (Å²) in [5.74, 6) is 1.71. The summed E-state index contributed by atoms with van der Waals surface area (Å²) < 4.78 is 13.3. The van der Waals surface area contributed by atoms with Crippen molar-refractivity contribution in [3.05, 3.63) is 41.7 Å². The molecule has 0 saturated carbocycles. The zero-order valence-corrected chi connectivity index (χ0v) is 12.3. The zero-order valence-electron chi connectivity index (χ0n) is 12.3. The Kier molecular flexibility index (Phi) is 4.40. The van der Waals surface area contributed by atoms with Crippen LogP contribution in [0.15, 0.2) is 30.5 Å². The quantitative estimate of drug-likeness (QED) is 0.854. The number of nitrogens with one attached hydrogen (secondary N) is 1. The molecular weight excluding hydrogens is 266 g/mol. The van der Waals surface area contributed by atoms with Crippen molar-refractivity contribution in [2.75, 3.05) is 19.8 Å². The van der Waals surface area contributed by atoms with Gasteiger partial charge in [-0.15, -0.1) is 0 Å². The highest BCUT2D eigenvalue weighted by molar-refractivity contribution is 5.43. The van der Waals surface area contributed by atoms with Gasteiger partial charge in [0.2, 0.25) is 0 Å². The van der Waals surface area contributed by atoms with Gasteiger partial charge in [0.15, 0.2) is 11.5 Å². The van der Waals surface area contributed by atoms with Crippen LogP contribution < -0.4 is 14.8 Å². The number of aromatic nitrogens is 2. The van der Waals surface area contributed by atoms with Gasteiger partial charge in [0.25, 0.3) is 0 Å². The van der Waals surface area contributed by atoms with Gasteiger partial charge in [0, 0.05) is 44.9 Å². The van der Waals surface area contributed by atoms with Crippen molar-refractivity contribution < 1.29 is 9.47 Å². The van der Waals surface area contributed by atoms with Crippen molar-refractivity contribution >= 4 is 0 Å². The number of fused-ring (bicyclic) bond motifs is 1. The monoisotopic (exact) mass is 287 g/mol. The summed E-state index contributed by atoms with van der Waals surface area (Å²) in [5.41, 5.74) is 2.45. The van der Waals surface area contributed by atoms with E-state index in [4.69, 9.17) is 9.47 Å². The number of rotatable bonds is 5. The van der Waals surface area contributed by atoms with Crippen LogP contribution in [0.1, 0.15) is 17.7 Å². The summed E-state index contributed by atoms with van der Waals surface area (Å²) in [4.78, 5) is 0. The van der Waals surface area contributed by atoms with Gasteiger partial charge in [0.1, 0.15) is 0 Å². The van der Waals surface area contributed by atoms with Gasteiger partial charge in [0.05, 0.1) is 13.2 Å². The van der Waals surface area contributed by atoms with Crippen LogP contribution in [0.5, 0.6) is 11.5 Å².